The molecule has 7 aliphatic rings. The SMILES string of the molecule is C=CCNc1cccc2c1C(N)=NS(=O)(=O)C2.CCC(C)C(C)COc1cccc2c1C(N)=NS(=O)(=O)C2.CCC(C)CCOc1cccc2c1C(N)=NS(=O)(=O)C2.CCCCCCOc1cccc2c1C(N)=NS(=O)(=O)C2.CCCCOc1cccc2c1C(N)=NS(=O)(=O)C2.COC(C)(C)CCOc1cccc2c1C(N)=NS(=O)(=O)C2.NC1=NS(=O)(=O)Cc2cccc(NCCOCc3ccccc3)c21. The van der Waals surface area contributed by atoms with Crippen LogP contribution in [0.1, 0.15) is 210 Å². The van der Waals surface area contributed by atoms with Crippen molar-refractivity contribution in [3.63, 3.8) is 0 Å². The van der Waals surface area contributed by atoms with Crippen molar-refractivity contribution in [3.05, 3.63) is 254 Å². The van der Waals surface area contributed by atoms with Crippen molar-refractivity contribution in [1.82, 2.24) is 0 Å². The van der Waals surface area contributed by atoms with E-state index < -0.39 is 70.2 Å². The molecule has 3 atom stereocenters. The lowest BCUT2D eigenvalue weighted by molar-refractivity contribution is 0.00542. The van der Waals surface area contributed by atoms with Crippen LogP contribution in [0.15, 0.2) is 201 Å². The van der Waals surface area contributed by atoms with Gasteiger partial charge in [-0.2, -0.15) is 0 Å². The monoisotopic (exact) mass is 2080 g/mol. The van der Waals surface area contributed by atoms with Crippen molar-refractivity contribution in [2.24, 2.45) is 88.7 Å². The summed E-state index contributed by atoms with van der Waals surface area (Å²) >= 11 is 0. The molecule has 16 N–H and O–H groups in total. The van der Waals surface area contributed by atoms with E-state index in [2.05, 4.69) is 96.5 Å². The summed E-state index contributed by atoms with van der Waals surface area (Å²) < 4.78 is 226. The van der Waals surface area contributed by atoms with Crippen molar-refractivity contribution in [1.29, 1.82) is 0 Å². The molecule has 7 heterocycles. The summed E-state index contributed by atoms with van der Waals surface area (Å²) in [7, 11) is -22.8. The molecule has 0 fully saturated rings. The van der Waals surface area contributed by atoms with Gasteiger partial charge in [-0.25, -0.2) is 58.9 Å². The topological polar surface area (TPSA) is 596 Å². The van der Waals surface area contributed by atoms with Gasteiger partial charge in [0.05, 0.1) is 120 Å². The summed E-state index contributed by atoms with van der Waals surface area (Å²) in [4.78, 5) is 0. The highest BCUT2D eigenvalue weighted by atomic mass is 32.2. The number of nitrogens with one attached hydrogen (secondary N) is 2. The molecule has 0 bridgehead atoms. The van der Waals surface area contributed by atoms with E-state index in [1.54, 1.807) is 122 Å². The summed E-state index contributed by atoms with van der Waals surface area (Å²) in [5.74, 6) is 3.86. The maximum absolute atomic E-state index is 11.7. The maximum atomic E-state index is 11.7. The maximum Gasteiger partial charge on any atom is 0.259 e. The van der Waals surface area contributed by atoms with Gasteiger partial charge < -0.3 is 83.9 Å². The van der Waals surface area contributed by atoms with Crippen molar-refractivity contribution < 1.29 is 92.1 Å². The number of ether oxygens (including phenoxy) is 7. The zero-order valence-corrected chi connectivity index (χ0v) is 86.7. The van der Waals surface area contributed by atoms with E-state index in [0.29, 0.717) is 190 Å². The molecule has 44 heteroatoms. The summed E-state index contributed by atoms with van der Waals surface area (Å²) in [6.07, 6.45) is 12.0. The molecular formula is C97H130N16O21S7. The van der Waals surface area contributed by atoms with Gasteiger partial charge in [-0.15, -0.1) is 37.4 Å². The van der Waals surface area contributed by atoms with Gasteiger partial charge in [0.1, 0.15) is 69.6 Å². The third-order valence-corrected chi connectivity index (χ3v) is 31.1. The third kappa shape index (κ3) is 33.8. The van der Waals surface area contributed by atoms with Gasteiger partial charge in [0.15, 0.2) is 0 Å². The van der Waals surface area contributed by atoms with E-state index in [4.69, 9.17) is 73.3 Å². The molecule has 0 aromatic heterocycles. The predicted octanol–water partition coefficient (Wildman–Crippen LogP) is 12.1. The van der Waals surface area contributed by atoms with Crippen LogP contribution in [-0.4, -0.2) is 165 Å². The molecule has 141 heavy (non-hydrogen) atoms. The first-order valence-corrected chi connectivity index (χ1v) is 57.2. The van der Waals surface area contributed by atoms with Crippen LogP contribution >= 0.6 is 0 Å². The summed E-state index contributed by atoms with van der Waals surface area (Å²) in [5.41, 5.74) is 51.7. The first-order chi connectivity index (χ1) is 66.7. The number of anilines is 2. The fourth-order valence-corrected chi connectivity index (χ4v) is 22.6. The Bertz CT molecular complexity index is 6840. The molecular weight excluding hydrogens is 1950 g/mol. The second-order valence-corrected chi connectivity index (χ2v) is 46.1. The highest BCUT2D eigenvalue weighted by Gasteiger charge is 2.33. The van der Waals surface area contributed by atoms with Gasteiger partial charge in [0, 0.05) is 49.1 Å². The summed E-state index contributed by atoms with van der Waals surface area (Å²) in [6, 6.07) is 47.3. The Morgan fingerprint density at radius 3 is 1.02 bits per heavy atom. The molecule has 8 aromatic carbocycles. The number of nitrogens with zero attached hydrogens (tertiary/aromatic N) is 7. The highest BCUT2D eigenvalue weighted by Crippen LogP contribution is 2.36. The number of hydrogen-bond acceptors (Lipinski definition) is 30. The lowest BCUT2D eigenvalue weighted by Crippen LogP contribution is -2.27. The lowest BCUT2D eigenvalue weighted by Gasteiger charge is -2.23. The number of methoxy groups -OCH3 is 1. The minimum Gasteiger partial charge on any atom is -0.493 e. The van der Waals surface area contributed by atoms with Crippen LogP contribution < -0.4 is 74.5 Å². The predicted molar refractivity (Wildman–Crippen MR) is 557 cm³/mol. The van der Waals surface area contributed by atoms with Crippen molar-refractivity contribution in [2.75, 3.05) is 70.5 Å². The Balaban J connectivity index is 0.000000184. The second-order valence-electron chi connectivity index (χ2n) is 34.7. The number of benzene rings is 8. The average Bonchev–Trinajstić information content (AvgIpc) is 0.822. The number of nitrogens with two attached hydrogens (primary N) is 7. The number of unbranched alkanes of at least 4 members (excludes halogenated alkanes) is 4. The number of hydrogen-bond donors (Lipinski definition) is 9. The van der Waals surface area contributed by atoms with Crippen LogP contribution in [0.2, 0.25) is 0 Å². The fraction of sp³-hybridized carbons (Fsp3) is 0.412. The molecule has 766 valence electrons. The van der Waals surface area contributed by atoms with E-state index in [9.17, 15) is 58.9 Å². The molecule has 0 radical (unpaired) electrons. The van der Waals surface area contributed by atoms with Gasteiger partial charge >= 0.3 is 0 Å². The smallest absolute Gasteiger partial charge is 0.259 e. The minimum atomic E-state index is -3.52. The van der Waals surface area contributed by atoms with Gasteiger partial charge in [-0.05, 0) is 138 Å². The molecule has 0 saturated carbocycles. The first-order valence-electron chi connectivity index (χ1n) is 46.0. The van der Waals surface area contributed by atoms with Gasteiger partial charge in [-0.1, -0.05) is 208 Å². The molecule has 0 amide bonds. The van der Waals surface area contributed by atoms with Crippen molar-refractivity contribution in [2.45, 2.75) is 179 Å². The van der Waals surface area contributed by atoms with E-state index in [-0.39, 0.29) is 86.7 Å². The normalized spacial score (nSPS) is 17.1. The molecule has 7 aliphatic heterocycles. The van der Waals surface area contributed by atoms with Crippen LogP contribution in [0.25, 0.3) is 0 Å². The largest absolute Gasteiger partial charge is 0.493 e. The molecule has 0 saturated heterocycles. The molecule has 8 aromatic rings. The third-order valence-electron chi connectivity index (χ3n) is 23.0. The Hall–Kier alpha value is -12.0. The van der Waals surface area contributed by atoms with Crippen LogP contribution in [0, 0.1) is 17.8 Å². The quantitative estimate of drug-likeness (QED) is 0.0134. The van der Waals surface area contributed by atoms with E-state index >= 15 is 0 Å². The Morgan fingerprint density at radius 1 is 0.362 bits per heavy atom. The summed E-state index contributed by atoms with van der Waals surface area (Å²) in [6.45, 7) is 27.6. The Kier molecular flexibility index (Phi) is 40.8. The fourth-order valence-electron chi connectivity index (χ4n) is 15.0. The highest BCUT2D eigenvalue weighted by molar-refractivity contribution is 7.91. The van der Waals surface area contributed by atoms with Crippen LogP contribution in [0.3, 0.4) is 0 Å². The van der Waals surface area contributed by atoms with E-state index in [1.165, 1.54) is 12.8 Å². The Labute approximate surface area is 829 Å². The number of sulfonamides is 7. The van der Waals surface area contributed by atoms with Crippen LogP contribution in [0.4, 0.5) is 11.4 Å². The number of rotatable bonds is 34. The lowest BCUT2D eigenvalue weighted by atomic mass is 9.94. The van der Waals surface area contributed by atoms with Crippen LogP contribution in [0.5, 0.6) is 28.7 Å². The molecule has 3 unspecified atom stereocenters. The number of amidine groups is 7. The van der Waals surface area contributed by atoms with Crippen molar-refractivity contribution >= 4 is 122 Å². The van der Waals surface area contributed by atoms with Crippen molar-refractivity contribution in [3.8, 4) is 28.7 Å². The van der Waals surface area contributed by atoms with Gasteiger partial charge in [0.2, 0.25) is 0 Å². The van der Waals surface area contributed by atoms with E-state index in [1.807, 2.05) is 62.4 Å². The average molecular weight is 2080 g/mol. The van der Waals surface area contributed by atoms with Gasteiger partial charge in [0.25, 0.3) is 70.2 Å². The van der Waals surface area contributed by atoms with Gasteiger partial charge in [-0.3, -0.25) is 0 Å². The standard InChI is InChI=1S/C17H19N3O3S.C15H22N2O3S.C14H20N2O4S.2C14H20N2O3S.C12H16N2O3S.C11H13N3O2S/c18-17-16-14(12-24(21,22)20-17)7-4-8-15(16)19-9-10-23-11-13-5-2-1-3-6-13;1-4-10(2)11(3)8-20-13-7-5-6-12-9-21(18,19)17-15(16)14(12)13;1-14(2,19-3)7-8-20-11-6-4-5-10-9-21(17,18)16-13(15)12(10)11;1-3-10(2)7-8-19-12-6-4-5-11-9-20(17,18)16-14(15)13(11)12;1-2-3-4-5-9-19-12-8-6-7-11-10-20(17,18)16-14(15)13(11)12;1-2-3-7-17-10-6-4-5-9-8-18(15,16)14-12(13)11(9)10;1-2-6-13-9-5-3-4-8-7-17(15,16)14-11(12)10(8)9/h1-8,19H,9-12H2,(H2,18,20);5-7,10-11H,4,8-9H2,1-3H3,(H2,16,17);4-6H,7-9H2,1-3H3,(H2,15,16);4-6,10H,3,7-9H2,1-2H3,(H2,15,16);6-8H,2-5,9-10H2,1H3,(H2,15,16);4-6H,2-3,7-8H2,1H3,(H2,13,14);2-5,13H,1,6-7H2,(H2,12,14). The summed E-state index contributed by atoms with van der Waals surface area (Å²) in [5, 5.41) is 6.34. The number of fused-ring (bicyclic) bond motifs is 7. The van der Waals surface area contributed by atoms with Crippen LogP contribution in [-0.2, 0) is 127 Å². The molecule has 15 rings (SSSR count). The molecule has 0 spiro atoms. The Morgan fingerprint density at radius 2 is 0.681 bits per heavy atom. The molecule has 37 nitrogen and oxygen atoms in total. The zero-order chi connectivity index (χ0) is 103. The molecule has 0 aliphatic carbocycles. The first kappa shape index (κ1) is 113. The zero-order valence-electron chi connectivity index (χ0n) is 81.0. The van der Waals surface area contributed by atoms with E-state index in [0.717, 1.165) is 61.9 Å². The second kappa shape index (κ2) is 51.1. The minimum absolute atomic E-state index is 0.0159.